The summed E-state index contributed by atoms with van der Waals surface area (Å²) in [6.07, 6.45) is 4.37. The summed E-state index contributed by atoms with van der Waals surface area (Å²) in [5.41, 5.74) is 7.76. The van der Waals surface area contributed by atoms with Crippen molar-refractivity contribution >= 4 is 17.6 Å². The van der Waals surface area contributed by atoms with Crippen LogP contribution in [0.15, 0.2) is 30.5 Å². The molecule has 2 amide bonds. The number of nitrogen functional groups attached to an aromatic ring is 1. The first-order chi connectivity index (χ1) is 14.6. The first kappa shape index (κ1) is 20.2. The average Bonchev–Trinajstić information content (AvgIpc) is 3.28. The van der Waals surface area contributed by atoms with Crippen LogP contribution in [0.4, 0.5) is 5.82 Å². The average molecular weight is 409 g/mol. The molecule has 6 N–H and O–H groups in total. The van der Waals surface area contributed by atoms with Crippen molar-refractivity contribution in [3.05, 3.63) is 41.7 Å². The number of anilines is 1. The number of hydrogen-bond donors (Lipinski definition) is 5. The van der Waals surface area contributed by atoms with Gasteiger partial charge in [0.15, 0.2) is 11.5 Å². The van der Waals surface area contributed by atoms with Crippen molar-refractivity contribution < 1.29 is 9.59 Å². The van der Waals surface area contributed by atoms with Gasteiger partial charge in [-0.05, 0) is 44.5 Å². The highest BCUT2D eigenvalue weighted by atomic mass is 16.2. The number of piperidine rings is 1. The molecule has 9 heteroatoms. The maximum atomic E-state index is 12.7. The Morgan fingerprint density at radius 2 is 1.80 bits per heavy atom. The molecule has 2 aromatic rings. The molecule has 0 spiro atoms. The fourth-order valence-corrected chi connectivity index (χ4v) is 3.80. The molecule has 0 saturated carbocycles. The number of hydrogen-bond acceptors (Lipinski definition) is 7. The van der Waals surface area contributed by atoms with Crippen LogP contribution in [0.5, 0.6) is 0 Å². The van der Waals surface area contributed by atoms with Crippen molar-refractivity contribution in [2.45, 2.75) is 31.3 Å². The summed E-state index contributed by atoms with van der Waals surface area (Å²) >= 11 is 0. The number of amides is 2. The first-order valence-corrected chi connectivity index (χ1v) is 10.4. The van der Waals surface area contributed by atoms with Gasteiger partial charge in [-0.2, -0.15) is 0 Å². The molecule has 2 fully saturated rings. The molecule has 0 aliphatic carbocycles. The van der Waals surface area contributed by atoms with Gasteiger partial charge in [0.05, 0.1) is 11.9 Å². The van der Waals surface area contributed by atoms with Gasteiger partial charge in [-0.25, -0.2) is 9.97 Å². The lowest BCUT2D eigenvalue weighted by molar-refractivity contribution is 0.0922. The van der Waals surface area contributed by atoms with Gasteiger partial charge in [0.2, 0.25) is 0 Å². The summed E-state index contributed by atoms with van der Waals surface area (Å²) in [4.78, 5) is 33.9. The lowest BCUT2D eigenvalue weighted by atomic mass is 10.1. The van der Waals surface area contributed by atoms with Crippen LogP contribution in [0.25, 0.3) is 11.3 Å². The molecule has 158 valence electrons. The molecule has 0 unspecified atom stereocenters. The number of nitrogens with one attached hydrogen (secondary N) is 4. The van der Waals surface area contributed by atoms with Gasteiger partial charge < -0.3 is 27.0 Å². The highest BCUT2D eigenvalue weighted by molar-refractivity contribution is 5.97. The fourth-order valence-electron chi connectivity index (χ4n) is 3.80. The van der Waals surface area contributed by atoms with Gasteiger partial charge >= 0.3 is 0 Å². The van der Waals surface area contributed by atoms with E-state index in [0.29, 0.717) is 16.8 Å². The van der Waals surface area contributed by atoms with Crippen molar-refractivity contribution in [3.8, 4) is 11.3 Å². The summed E-state index contributed by atoms with van der Waals surface area (Å²) in [5.74, 6) is -0.377. The van der Waals surface area contributed by atoms with Crippen LogP contribution in [0.3, 0.4) is 0 Å². The largest absolute Gasteiger partial charge is 0.382 e. The van der Waals surface area contributed by atoms with Crippen molar-refractivity contribution in [1.29, 1.82) is 0 Å². The fraction of sp³-hybridized carbons (Fsp3) is 0.429. The second kappa shape index (κ2) is 9.19. The minimum atomic E-state index is -0.335. The van der Waals surface area contributed by atoms with E-state index in [4.69, 9.17) is 5.73 Å². The van der Waals surface area contributed by atoms with E-state index in [1.54, 1.807) is 18.2 Å². The highest BCUT2D eigenvalue weighted by Crippen LogP contribution is 2.20. The number of aromatic nitrogens is 2. The van der Waals surface area contributed by atoms with E-state index in [1.807, 2.05) is 6.07 Å². The summed E-state index contributed by atoms with van der Waals surface area (Å²) in [6.45, 7) is 3.38. The second-order valence-corrected chi connectivity index (χ2v) is 7.75. The Bertz CT molecular complexity index is 921. The number of carbonyl (C=O) groups excluding carboxylic acids is 2. The standard InChI is InChI=1S/C21H27N7O2/c22-19-18(21(30)27-15-5-2-7-23-10-15)28-17(12-25-19)13-3-1-4-14(9-13)20(29)26-16-6-8-24-11-16/h1,3-4,9,12,15-16,23-24H,2,5-8,10-11H2,(H2,22,25)(H,26,29)(H,27,30)/t15-,16+/m0/s1. The highest BCUT2D eigenvalue weighted by Gasteiger charge is 2.21. The zero-order valence-electron chi connectivity index (χ0n) is 16.8. The van der Waals surface area contributed by atoms with Gasteiger partial charge in [-0.1, -0.05) is 12.1 Å². The zero-order chi connectivity index (χ0) is 20.9. The van der Waals surface area contributed by atoms with Crippen molar-refractivity contribution in [2.75, 3.05) is 31.9 Å². The Kier molecular flexibility index (Phi) is 6.20. The van der Waals surface area contributed by atoms with E-state index < -0.39 is 0 Å². The summed E-state index contributed by atoms with van der Waals surface area (Å²) in [7, 11) is 0. The van der Waals surface area contributed by atoms with Crippen LogP contribution in [0.1, 0.15) is 40.1 Å². The van der Waals surface area contributed by atoms with E-state index in [-0.39, 0.29) is 35.4 Å². The number of benzene rings is 1. The number of rotatable bonds is 5. The van der Waals surface area contributed by atoms with Gasteiger partial charge in [0, 0.05) is 36.3 Å². The lowest BCUT2D eigenvalue weighted by Crippen LogP contribution is -2.46. The minimum Gasteiger partial charge on any atom is -0.382 e. The van der Waals surface area contributed by atoms with Crippen LogP contribution in [0, 0.1) is 0 Å². The number of carbonyl (C=O) groups is 2. The third kappa shape index (κ3) is 4.74. The van der Waals surface area contributed by atoms with Crippen LogP contribution in [-0.2, 0) is 0 Å². The minimum absolute atomic E-state index is 0.0493. The van der Waals surface area contributed by atoms with Gasteiger partial charge in [-0.15, -0.1) is 0 Å². The van der Waals surface area contributed by atoms with Crippen LogP contribution in [-0.4, -0.2) is 60.0 Å². The lowest BCUT2D eigenvalue weighted by Gasteiger charge is -2.23. The van der Waals surface area contributed by atoms with Gasteiger partial charge in [0.25, 0.3) is 11.8 Å². The molecule has 2 aliphatic heterocycles. The molecule has 30 heavy (non-hydrogen) atoms. The molecular formula is C21H27N7O2. The molecule has 0 radical (unpaired) electrons. The van der Waals surface area contributed by atoms with Crippen LogP contribution >= 0.6 is 0 Å². The Morgan fingerprint density at radius 1 is 1.03 bits per heavy atom. The predicted octanol–water partition coefficient (Wildman–Crippen LogP) is 0.299. The Hall–Kier alpha value is -3.04. The van der Waals surface area contributed by atoms with Crippen molar-refractivity contribution in [3.63, 3.8) is 0 Å². The topological polar surface area (TPSA) is 134 Å². The van der Waals surface area contributed by atoms with Crippen LogP contribution in [0.2, 0.25) is 0 Å². The maximum absolute atomic E-state index is 12.7. The van der Waals surface area contributed by atoms with E-state index >= 15 is 0 Å². The maximum Gasteiger partial charge on any atom is 0.274 e. The SMILES string of the molecule is Nc1ncc(-c2cccc(C(=O)N[C@@H]3CCNC3)c2)nc1C(=O)N[C@H]1CCCNC1. The Morgan fingerprint density at radius 3 is 2.57 bits per heavy atom. The molecule has 1 aromatic heterocycles. The van der Waals surface area contributed by atoms with Crippen LogP contribution < -0.4 is 27.0 Å². The second-order valence-electron chi connectivity index (χ2n) is 7.75. The van der Waals surface area contributed by atoms with Gasteiger partial charge in [-0.3, -0.25) is 9.59 Å². The quantitative estimate of drug-likeness (QED) is 0.479. The summed E-state index contributed by atoms with van der Waals surface area (Å²) in [6, 6.07) is 7.33. The molecule has 2 atom stereocenters. The number of nitrogens with two attached hydrogens (primary N) is 1. The van der Waals surface area contributed by atoms with Crippen molar-refractivity contribution in [2.24, 2.45) is 0 Å². The molecular weight excluding hydrogens is 382 g/mol. The summed E-state index contributed by atoms with van der Waals surface area (Å²) < 4.78 is 0. The molecule has 3 heterocycles. The third-order valence-electron chi connectivity index (χ3n) is 5.46. The molecule has 0 bridgehead atoms. The third-order valence-corrected chi connectivity index (χ3v) is 5.46. The first-order valence-electron chi connectivity index (χ1n) is 10.4. The molecule has 2 aliphatic rings. The molecule has 4 rings (SSSR count). The molecule has 2 saturated heterocycles. The zero-order valence-corrected chi connectivity index (χ0v) is 16.8. The van der Waals surface area contributed by atoms with E-state index in [1.165, 1.54) is 6.20 Å². The predicted molar refractivity (Wildman–Crippen MR) is 114 cm³/mol. The van der Waals surface area contributed by atoms with E-state index in [0.717, 1.165) is 45.4 Å². The normalized spacial score (nSPS) is 21.2. The smallest absolute Gasteiger partial charge is 0.274 e. The van der Waals surface area contributed by atoms with E-state index in [9.17, 15) is 9.59 Å². The molecule has 9 nitrogen and oxygen atoms in total. The Balaban J connectivity index is 1.51. The monoisotopic (exact) mass is 409 g/mol. The molecule has 1 aromatic carbocycles. The van der Waals surface area contributed by atoms with Crippen molar-refractivity contribution in [1.82, 2.24) is 31.2 Å². The van der Waals surface area contributed by atoms with Gasteiger partial charge in [0.1, 0.15) is 0 Å². The Labute approximate surface area is 175 Å². The number of nitrogens with zero attached hydrogens (tertiary/aromatic N) is 2. The van der Waals surface area contributed by atoms with E-state index in [2.05, 4.69) is 31.2 Å². The summed E-state index contributed by atoms with van der Waals surface area (Å²) in [5, 5.41) is 12.5.